The fraction of sp³-hybridized carbons (Fsp3) is 0. The zero-order valence-electron chi connectivity index (χ0n) is 45.5. The van der Waals surface area contributed by atoms with Crippen LogP contribution in [0.25, 0.3) is 160 Å². The van der Waals surface area contributed by atoms with E-state index >= 15 is 0 Å². The van der Waals surface area contributed by atoms with E-state index in [1.165, 1.54) is 121 Å². The van der Waals surface area contributed by atoms with Gasteiger partial charge in [-0.15, -0.1) is 0 Å². The van der Waals surface area contributed by atoms with Gasteiger partial charge in [-0.2, -0.15) is 0 Å². The maximum Gasteiger partial charge on any atom is 0.0541 e. The average molecular weight is 1050 g/mol. The largest absolute Gasteiger partial charge is 0.309 e. The van der Waals surface area contributed by atoms with Crippen molar-refractivity contribution in [3.63, 3.8) is 0 Å². The van der Waals surface area contributed by atoms with E-state index in [-0.39, 0.29) is 0 Å². The predicted molar refractivity (Wildman–Crippen MR) is 354 cm³/mol. The summed E-state index contributed by atoms with van der Waals surface area (Å²) in [4.78, 5) is 0. The number of aromatic nitrogens is 1. The molecule has 83 heavy (non-hydrogen) atoms. The Balaban J connectivity index is 0.984. The summed E-state index contributed by atoms with van der Waals surface area (Å²) in [6, 6.07) is 119. The van der Waals surface area contributed by atoms with Crippen molar-refractivity contribution in [1.82, 2.24) is 4.57 Å². The smallest absolute Gasteiger partial charge is 0.0541 e. The van der Waals surface area contributed by atoms with E-state index in [1.807, 2.05) is 0 Å². The van der Waals surface area contributed by atoms with Gasteiger partial charge in [0.15, 0.2) is 0 Å². The number of fused-ring (bicyclic) bond motifs is 9. The minimum absolute atomic E-state index is 1.10. The van der Waals surface area contributed by atoms with Crippen molar-refractivity contribution in [3.05, 3.63) is 322 Å². The summed E-state index contributed by atoms with van der Waals surface area (Å²) in [7, 11) is 0. The molecule has 0 atom stereocenters. The predicted octanol–water partition coefficient (Wildman–Crippen LogP) is 22.7. The lowest BCUT2D eigenvalue weighted by Gasteiger charge is -2.18. The standard InChI is InChI=1S/C82H53N/c1-5-21-54(22-6-1)58-37-41-69(75(48-58)56-25-9-3-10-26-56)62-39-43-81-79(52-62)80-53-63(70-42-38-59(55-23-7-2-8-24-55)49-76(70)57-27-11-4-12-28-57)40-44-82(80)83(81)66-46-64(77-50-60-29-13-15-31-67(60)71-33-17-19-35-73(71)77)45-65(47-66)78-51-61-30-14-16-32-68(61)72-34-18-20-36-74(72)78/h1-53H. The molecule has 0 aliphatic rings. The van der Waals surface area contributed by atoms with Crippen molar-refractivity contribution in [2.75, 3.05) is 0 Å². The van der Waals surface area contributed by atoms with Crippen LogP contribution in [0, 0.1) is 0 Å². The molecule has 1 heteroatoms. The summed E-state index contributed by atoms with van der Waals surface area (Å²) in [5.74, 6) is 0. The fourth-order valence-electron chi connectivity index (χ4n) is 13.2. The van der Waals surface area contributed by atoms with Gasteiger partial charge >= 0.3 is 0 Å². The maximum absolute atomic E-state index is 2.53. The fourth-order valence-corrected chi connectivity index (χ4v) is 13.2. The molecule has 0 saturated heterocycles. The molecule has 1 heterocycles. The van der Waals surface area contributed by atoms with Crippen LogP contribution in [-0.4, -0.2) is 4.57 Å². The molecule has 0 spiro atoms. The first kappa shape index (κ1) is 48.1. The Morgan fingerprint density at radius 2 is 0.506 bits per heavy atom. The van der Waals surface area contributed by atoms with Gasteiger partial charge in [-0.05, 0) is 199 Å². The first-order chi connectivity index (χ1) is 41.1. The second-order valence-electron chi connectivity index (χ2n) is 21.9. The third kappa shape index (κ3) is 8.41. The van der Waals surface area contributed by atoms with Gasteiger partial charge in [0.1, 0.15) is 0 Å². The molecule has 1 aromatic heterocycles. The summed E-state index contributed by atoms with van der Waals surface area (Å²) in [6.45, 7) is 0. The van der Waals surface area contributed by atoms with Crippen LogP contribution >= 0.6 is 0 Å². The van der Waals surface area contributed by atoms with Crippen molar-refractivity contribution in [2.24, 2.45) is 0 Å². The maximum atomic E-state index is 2.53. The summed E-state index contributed by atoms with van der Waals surface area (Å²) < 4.78 is 2.53. The normalized spacial score (nSPS) is 11.6. The van der Waals surface area contributed by atoms with Crippen LogP contribution < -0.4 is 0 Å². The molecule has 386 valence electrons. The lowest BCUT2D eigenvalue weighted by atomic mass is 9.89. The molecule has 16 aromatic rings. The Hall–Kier alpha value is -10.9. The molecular formula is C82H53N. The molecule has 15 aromatic carbocycles. The van der Waals surface area contributed by atoms with Crippen LogP contribution in [0.4, 0.5) is 0 Å². The first-order valence-corrected chi connectivity index (χ1v) is 28.7. The first-order valence-electron chi connectivity index (χ1n) is 28.7. The van der Waals surface area contributed by atoms with Gasteiger partial charge in [0, 0.05) is 16.5 Å². The van der Waals surface area contributed by atoms with Crippen molar-refractivity contribution in [1.29, 1.82) is 0 Å². The third-order valence-electron chi connectivity index (χ3n) is 17.1. The van der Waals surface area contributed by atoms with Crippen molar-refractivity contribution in [3.8, 4) is 94.7 Å². The number of nitrogens with zero attached hydrogens (tertiary/aromatic N) is 1. The van der Waals surface area contributed by atoms with Crippen molar-refractivity contribution >= 4 is 64.9 Å². The lowest BCUT2D eigenvalue weighted by Crippen LogP contribution is -1.97. The van der Waals surface area contributed by atoms with Crippen LogP contribution in [0.1, 0.15) is 0 Å². The quantitative estimate of drug-likeness (QED) is 0.127. The topological polar surface area (TPSA) is 4.93 Å². The van der Waals surface area contributed by atoms with Crippen LogP contribution in [0.3, 0.4) is 0 Å². The lowest BCUT2D eigenvalue weighted by molar-refractivity contribution is 1.18. The Morgan fingerprint density at radius 3 is 0.928 bits per heavy atom. The van der Waals surface area contributed by atoms with Gasteiger partial charge in [0.25, 0.3) is 0 Å². The molecule has 1 nitrogen and oxygen atoms in total. The Labute approximate surface area is 482 Å². The number of hydrogen-bond acceptors (Lipinski definition) is 0. The molecule has 0 fully saturated rings. The highest BCUT2D eigenvalue weighted by molar-refractivity contribution is 6.17. The Bertz CT molecular complexity index is 4850. The summed E-state index contributed by atoms with van der Waals surface area (Å²) in [6.07, 6.45) is 0. The van der Waals surface area contributed by atoms with Gasteiger partial charge in [0.2, 0.25) is 0 Å². The molecule has 0 aliphatic carbocycles. The SMILES string of the molecule is c1ccc(-c2ccc(-c3ccc4c(c3)c3cc(-c5ccc(-c6ccccc6)cc5-c5ccccc5)ccc3n4-c3cc(-c4cc5ccccc5c5ccccc45)cc(-c4cc5ccccc5c5ccccc45)c3)c(-c3ccccc3)c2)cc1. The van der Waals surface area contributed by atoms with E-state index in [0.29, 0.717) is 0 Å². The van der Waals surface area contributed by atoms with Gasteiger partial charge in [-0.1, -0.05) is 255 Å². The van der Waals surface area contributed by atoms with Crippen LogP contribution in [0.15, 0.2) is 322 Å². The van der Waals surface area contributed by atoms with Gasteiger partial charge < -0.3 is 4.57 Å². The molecule has 0 aliphatic heterocycles. The van der Waals surface area contributed by atoms with E-state index in [2.05, 4.69) is 326 Å². The number of hydrogen-bond donors (Lipinski definition) is 0. The van der Waals surface area contributed by atoms with E-state index in [4.69, 9.17) is 0 Å². The average Bonchev–Trinajstić information content (AvgIpc) is 2.73. The second-order valence-corrected chi connectivity index (χ2v) is 21.9. The van der Waals surface area contributed by atoms with Crippen LogP contribution in [0.2, 0.25) is 0 Å². The van der Waals surface area contributed by atoms with E-state index in [0.717, 1.165) is 39.0 Å². The zero-order valence-corrected chi connectivity index (χ0v) is 45.5. The molecule has 0 N–H and O–H groups in total. The van der Waals surface area contributed by atoms with Crippen LogP contribution in [-0.2, 0) is 0 Å². The van der Waals surface area contributed by atoms with Crippen molar-refractivity contribution in [2.45, 2.75) is 0 Å². The van der Waals surface area contributed by atoms with E-state index in [9.17, 15) is 0 Å². The highest BCUT2D eigenvalue weighted by Crippen LogP contribution is 2.46. The minimum atomic E-state index is 1.10. The van der Waals surface area contributed by atoms with E-state index in [1.54, 1.807) is 0 Å². The molecular weight excluding hydrogens is 999 g/mol. The Kier molecular flexibility index (Phi) is 11.6. The summed E-state index contributed by atoms with van der Waals surface area (Å²) >= 11 is 0. The van der Waals surface area contributed by atoms with Gasteiger partial charge in [-0.3, -0.25) is 0 Å². The van der Waals surface area contributed by atoms with Crippen molar-refractivity contribution < 1.29 is 0 Å². The minimum Gasteiger partial charge on any atom is -0.309 e. The molecule has 0 saturated carbocycles. The molecule has 16 rings (SSSR count). The highest BCUT2D eigenvalue weighted by atomic mass is 15.0. The second kappa shape index (κ2) is 20.0. The molecule has 0 unspecified atom stereocenters. The summed E-state index contributed by atoms with van der Waals surface area (Å²) in [5, 5.41) is 12.3. The number of rotatable bonds is 9. The highest BCUT2D eigenvalue weighted by Gasteiger charge is 2.21. The van der Waals surface area contributed by atoms with Gasteiger partial charge in [0.05, 0.1) is 11.0 Å². The molecule has 0 radical (unpaired) electrons. The molecule has 0 bridgehead atoms. The summed E-state index contributed by atoms with van der Waals surface area (Å²) in [5.41, 5.74) is 22.4. The van der Waals surface area contributed by atoms with Crippen LogP contribution in [0.5, 0.6) is 0 Å². The Morgan fingerprint density at radius 1 is 0.157 bits per heavy atom. The number of benzene rings is 15. The van der Waals surface area contributed by atoms with Gasteiger partial charge in [-0.25, -0.2) is 0 Å². The zero-order chi connectivity index (χ0) is 54.8. The third-order valence-corrected chi connectivity index (χ3v) is 17.1. The van der Waals surface area contributed by atoms with E-state index < -0.39 is 0 Å². The monoisotopic (exact) mass is 1050 g/mol. The molecule has 0 amide bonds.